The van der Waals surface area contributed by atoms with E-state index < -0.39 is 6.04 Å². The van der Waals surface area contributed by atoms with Gasteiger partial charge in [0.15, 0.2) is 5.43 Å². The highest BCUT2D eigenvalue weighted by molar-refractivity contribution is 6.30. The maximum atomic E-state index is 13.7. The zero-order valence-corrected chi connectivity index (χ0v) is 19.3. The van der Waals surface area contributed by atoms with Crippen LogP contribution in [0.4, 0.5) is 0 Å². The first-order chi connectivity index (χ1) is 15.9. The second-order valence-electron chi connectivity index (χ2n) is 8.37. The molecule has 0 saturated carbocycles. The molecule has 1 atom stereocenters. The van der Waals surface area contributed by atoms with Crippen molar-refractivity contribution in [3.63, 3.8) is 0 Å². The predicted molar refractivity (Wildman–Crippen MR) is 128 cm³/mol. The van der Waals surface area contributed by atoms with Crippen molar-refractivity contribution in [3.8, 4) is 5.75 Å². The van der Waals surface area contributed by atoms with Crippen LogP contribution in [0, 0.1) is 13.8 Å². The summed E-state index contributed by atoms with van der Waals surface area (Å²) in [5.74, 6) is 0.533. The van der Waals surface area contributed by atoms with Crippen LogP contribution in [0.3, 0.4) is 0 Å². The minimum atomic E-state index is -0.576. The van der Waals surface area contributed by atoms with Crippen LogP contribution < -0.4 is 10.2 Å². The molecule has 5 nitrogen and oxygen atoms in total. The van der Waals surface area contributed by atoms with Gasteiger partial charge in [0.25, 0.3) is 5.91 Å². The first kappa shape index (κ1) is 21.3. The lowest BCUT2D eigenvalue weighted by Crippen LogP contribution is -2.29. The van der Waals surface area contributed by atoms with Gasteiger partial charge in [0.1, 0.15) is 11.3 Å². The van der Waals surface area contributed by atoms with Crippen LogP contribution in [0.1, 0.15) is 44.4 Å². The Balaban J connectivity index is 1.71. The zero-order valence-electron chi connectivity index (χ0n) is 18.5. The number of nitrogens with zero attached hydrogens (tertiary/aromatic N) is 1. The van der Waals surface area contributed by atoms with Gasteiger partial charge in [0.05, 0.1) is 24.1 Å². The lowest BCUT2D eigenvalue weighted by atomic mass is 9.97. The number of ether oxygens (including phenoxy) is 1. The van der Waals surface area contributed by atoms with Crippen LogP contribution in [0.25, 0.3) is 11.0 Å². The van der Waals surface area contributed by atoms with Crippen LogP contribution in [-0.2, 0) is 6.54 Å². The lowest BCUT2D eigenvalue weighted by molar-refractivity contribution is 0.0714. The molecule has 33 heavy (non-hydrogen) atoms. The van der Waals surface area contributed by atoms with Crippen LogP contribution in [-0.4, -0.2) is 17.9 Å². The quantitative estimate of drug-likeness (QED) is 0.386. The first-order valence-corrected chi connectivity index (χ1v) is 11.0. The van der Waals surface area contributed by atoms with Gasteiger partial charge in [-0.15, -0.1) is 0 Å². The summed E-state index contributed by atoms with van der Waals surface area (Å²) in [6, 6.07) is 17.9. The summed E-state index contributed by atoms with van der Waals surface area (Å²) in [5, 5.41) is 1.08. The van der Waals surface area contributed by atoms with Crippen LogP contribution in [0.2, 0.25) is 5.02 Å². The van der Waals surface area contributed by atoms with E-state index in [4.69, 9.17) is 20.8 Å². The molecule has 1 aliphatic rings. The Bertz CT molecular complexity index is 1440. The maximum Gasteiger partial charge on any atom is 0.291 e. The molecule has 1 unspecified atom stereocenters. The molecule has 0 spiro atoms. The second kappa shape index (κ2) is 8.09. The van der Waals surface area contributed by atoms with Crippen molar-refractivity contribution in [1.29, 1.82) is 0 Å². The van der Waals surface area contributed by atoms with E-state index in [-0.39, 0.29) is 17.1 Å². The van der Waals surface area contributed by atoms with Gasteiger partial charge in [-0.05, 0) is 66.4 Å². The molecule has 0 N–H and O–H groups in total. The third kappa shape index (κ3) is 3.58. The Morgan fingerprint density at radius 3 is 2.36 bits per heavy atom. The first-order valence-electron chi connectivity index (χ1n) is 10.6. The molecular weight excluding hydrogens is 438 g/mol. The van der Waals surface area contributed by atoms with Gasteiger partial charge in [-0.25, -0.2) is 0 Å². The van der Waals surface area contributed by atoms with E-state index in [1.54, 1.807) is 24.1 Å². The van der Waals surface area contributed by atoms with E-state index in [2.05, 4.69) is 0 Å². The smallest absolute Gasteiger partial charge is 0.291 e. The van der Waals surface area contributed by atoms with Crippen LogP contribution in [0.5, 0.6) is 5.75 Å². The Hall–Kier alpha value is -3.57. The zero-order chi connectivity index (χ0) is 23.3. The summed E-state index contributed by atoms with van der Waals surface area (Å²) in [6.07, 6.45) is 0. The summed E-state index contributed by atoms with van der Waals surface area (Å²) < 4.78 is 11.4. The summed E-state index contributed by atoms with van der Waals surface area (Å²) in [5.41, 5.74) is 4.16. The molecule has 4 aromatic rings. The largest absolute Gasteiger partial charge is 0.497 e. The number of fused-ring (bicyclic) bond motifs is 2. The topological polar surface area (TPSA) is 59.8 Å². The highest BCUT2D eigenvalue weighted by atomic mass is 35.5. The van der Waals surface area contributed by atoms with E-state index in [0.717, 1.165) is 28.0 Å². The molecule has 2 heterocycles. The fourth-order valence-electron chi connectivity index (χ4n) is 4.56. The van der Waals surface area contributed by atoms with Gasteiger partial charge in [-0.3, -0.25) is 9.59 Å². The molecule has 0 bridgehead atoms. The van der Waals surface area contributed by atoms with Crippen LogP contribution in [0.15, 0.2) is 69.9 Å². The number of amides is 1. The molecule has 5 rings (SSSR count). The number of hydrogen-bond acceptors (Lipinski definition) is 4. The van der Waals surface area contributed by atoms with Crippen molar-refractivity contribution in [1.82, 2.24) is 4.90 Å². The fraction of sp³-hybridized carbons (Fsp3) is 0.185. The maximum absolute atomic E-state index is 13.7. The predicted octanol–water partition coefficient (Wildman–Crippen LogP) is 5.82. The summed E-state index contributed by atoms with van der Waals surface area (Å²) in [4.78, 5) is 29.0. The molecule has 1 aromatic heterocycles. The van der Waals surface area contributed by atoms with Crippen molar-refractivity contribution in [3.05, 3.63) is 109 Å². The third-order valence-corrected chi connectivity index (χ3v) is 6.35. The molecule has 0 aliphatic carbocycles. The Labute approximate surface area is 196 Å². The number of aryl methyl sites for hydroxylation is 2. The number of rotatable bonds is 4. The molecule has 1 aliphatic heterocycles. The summed E-state index contributed by atoms with van der Waals surface area (Å²) in [7, 11) is 1.61. The lowest BCUT2D eigenvalue weighted by Gasteiger charge is -2.25. The number of halogens is 1. The standard InChI is InChI=1S/C27H22ClNO4/c1-15-12-16(2)25-21(13-15)24(30)22-23(18-6-8-19(28)9-7-18)29(27(31)26(22)33-25)14-17-4-10-20(32-3)11-5-17/h4-13,23H,14H2,1-3H3. The van der Waals surface area contributed by atoms with Crippen molar-refractivity contribution in [2.75, 3.05) is 7.11 Å². The van der Waals surface area contributed by atoms with E-state index in [9.17, 15) is 9.59 Å². The highest BCUT2D eigenvalue weighted by Gasteiger charge is 2.42. The van der Waals surface area contributed by atoms with Gasteiger partial charge in [-0.2, -0.15) is 0 Å². The molecule has 1 amide bonds. The molecule has 3 aromatic carbocycles. The second-order valence-corrected chi connectivity index (χ2v) is 8.80. The van der Waals surface area contributed by atoms with E-state index >= 15 is 0 Å². The SMILES string of the molecule is COc1ccc(CN2C(=O)c3oc4c(C)cc(C)cc4c(=O)c3C2c2ccc(Cl)cc2)cc1. The van der Waals surface area contributed by atoms with Crippen molar-refractivity contribution < 1.29 is 13.9 Å². The minimum Gasteiger partial charge on any atom is -0.497 e. The van der Waals surface area contributed by atoms with Gasteiger partial charge in [-0.1, -0.05) is 41.9 Å². The minimum absolute atomic E-state index is 0.105. The van der Waals surface area contributed by atoms with Gasteiger partial charge >= 0.3 is 0 Å². The van der Waals surface area contributed by atoms with E-state index in [1.165, 1.54) is 0 Å². The van der Waals surface area contributed by atoms with Crippen LogP contribution >= 0.6 is 11.6 Å². The Morgan fingerprint density at radius 2 is 1.70 bits per heavy atom. The molecule has 0 radical (unpaired) electrons. The number of hydrogen-bond donors (Lipinski definition) is 0. The fourth-order valence-corrected chi connectivity index (χ4v) is 4.68. The monoisotopic (exact) mass is 459 g/mol. The molecular formula is C27H22ClNO4. The molecule has 6 heteroatoms. The molecule has 0 saturated heterocycles. The van der Waals surface area contributed by atoms with E-state index in [0.29, 0.717) is 28.1 Å². The van der Waals surface area contributed by atoms with Crippen molar-refractivity contribution in [2.24, 2.45) is 0 Å². The Morgan fingerprint density at radius 1 is 1.00 bits per heavy atom. The summed E-state index contributed by atoms with van der Waals surface area (Å²) in [6.45, 7) is 4.14. The van der Waals surface area contributed by atoms with Gasteiger partial charge in [0.2, 0.25) is 5.76 Å². The summed E-state index contributed by atoms with van der Waals surface area (Å²) >= 11 is 6.11. The van der Waals surface area contributed by atoms with Gasteiger partial charge in [0, 0.05) is 11.6 Å². The number of carbonyl (C=O) groups excluding carboxylic acids is 1. The number of benzene rings is 3. The average Bonchev–Trinajstić information content (AvgIpc) is 3.08. The number of methoxy groups -OCH3 is 1. The highest BCUT2D eigenvalue weighted by Crippen LogP contribution is 2.40. The normalized spacial score (nSPS) is 15.2. The Kier molecular flexibility index (Phi) is 5.22. The van der Waals surface area contributed by atoms with E-state index in [1.807, 2.05) is 62.4 Å². The molecule has 166 valence electrons. The third-order valence-electron chi connectivity index (χ3n) is 6.09. The number of carbonyl (C=O) groups is 1. The van der Waals surface area contributed by atoms with Gasteiger partial charge < -0.3 is 14.1 Å². The molecule has 0 fully saturated rings. The van der Waals surface area contributed by atoms with Crippen molar-refractivity contribution >= 4 is 28.5 Å². The van der Waals surface area contributed by atoms with Crippen molar-refractivity contribution in [2.45, 2.75) is 26.4 Å². The average molecular weight is 460 g/mol.